The number of likely N-dealkylation sites (N-methyl/N-ethyl adjacent to an activating group) is 1. The van der Waals surface area contributed by atoms with Crippen molar-refractivity contribution in [3.05, 3.63) is 45.8 Å². The summed E-state index contributed by atoms with van der Waals surface area (Å²) in [5.74, 6) is -0.241. The van der Waals surface area contributed by atoms with Crippen LogP contribution in [0.5, 0.6) is 0 Å². The summed E-state index contributed by atoms with van der Waals surface area (Å²) in [5, 5.41) is 3.24. The Morgan fingerprint density at radius 2 is 1.87 bits per heavy atom. The number of fused-ring (bicyclic) bond motifs is 1. The van der Waals surface area contributed by atoms with Gasteiger partial charge in [-0.2, -0.15) is 4.99 Å². The lowest BCUT2D eigenvalue weighted by Crippen LogP contribution is -2.40. The van der Waals surface area contributed by atoms with Gasteiger partial charge in [-0.3, -0.25) is 14.5 Å². The molecule has 0 atom stereocenters. The number of para-hydroxylation sites is 1. The lowest BCUT2D eigenvalue weighted by molar-refractivity contribution is -0.124. The number of rotatable bonds is 2. The van der Waals surface area contributed by atoms with E-state index in [1.807, 2.05) is 41.5 Å². The molecule has 3 aliphatic rings. The second-order valence-corrected chi connectivity index (χ2v) is 9.63. The fraction of sp³-hybridized carbons (Fsp3) is 0.364. The molecule has 154 valence electrons. The van der Waals surface area contributed by atoms with Crippen molar-refractivity contribution in [1.82, 2.24) is 9.88 Å². The number of aryl methyl sites for hydroxylation is 1. The fourth-order valence-corrected chi connectivity index (χ4v) is 6.19. The third kappa shape index (κ3) is 3.18. The number of thiazole rings is 1. The predicted octanol–water partition coefficient (Wildman–Crippen LogP) is 4.73. The van der Waals surface area contributed by atoms with Crippen LogP contribution >= 0.6 is 23.1 Å². The Morgan fingerprint density at radius 1 is 1.10 bits per heavy atom. The van der Waals surface area contributed by atoms with E-state index in [-0.39, 0.29) is 17.9 Å². The van der Waals surface area contributed by atoms with Gasteiger partial charge in [0.25, 0.3) is 11.8 Å². The number of hydrogen-bond acceptors (Lipinski definition) is 6. The highest BCUT2D eigenvalue weighted by Crippen LogP contribution is 2.46. The first kappa shape index (κ1) is 19.5. The molecule has 30 heavy (non-hydrogen) atoms. The molecular weight excluding hydrogens is 416 g/mol. The van der Waals surface area contributed by atoms with Crippen molar-refractivity contribution in [2.75, 3.05) is 11.9 Å². The monoisotopic (exact) mass is 438 g/mol. The number of benzene rings is 1. The smallest absolute Gasteiger partial charge is 0.267 e. The van der Waals surface area contributed by atoms with Crippen molar-refractivity contribution in [1.29, 1.82) is 0 Å². The third-order valence-corrected chi connectivity index (χ3v) is 7.74. The maximum absolute atomic E-state index is 13.6. The van der Waals surface area contributed by atoms with Crippen molar-refractivity contribution in [2.24, 2.45) is 4.99 Å². The van der Waals surface area contributed by atoms with Gasteiger partial charge in [0, 0.05) is 24.0 Å². The number of carbonyl (C=O) groups excluding carboxylic acids is 2. The standard InChI is InChI=1S/C22H22N4O2S2/c1-13-12-29-21(23-13)24-22-26(14-8-4-3-5-9-14)20(28)18(30-22)17-15-10-6-7-11-16(15)25(2)19(17)27/h6-7,10-12,14H,3-5,8-9H2,1-2H3/b18-17-,24-22+. The maximum Gasteiger partial charge on any atom is 0.267 e. The molecule has 2 fully saturated rings. The van der Waals surface area contributed by atoms with Crippen molar-refractivity contribution < 1.29 is 9.59 Å². The van der Waals surface area contributed by atoms with Gasteiger partial charge in [-0.15, -0.1) is 11.3 Å². The highest BCUT2D eigenvalue weighted by Gasteiger charge is 2.44. The van der Waals surface area contributed by atoms with Crippen molar-refractivity contribution in [3.8, 4) is 0 Å². The van der Waals surface area contributed by atoms with E-state index in [1.165, 1.54) is 29.5 Å². The molecule has 3 heterocycles. The van der Waals surface area contributed by atoms with Crippen LogP contribution < -0.4 is 4.90 Å². The van der Waals surface area contributed by atoms with E-state index in [0.29, 0.717) is 20.8 Å². The van der Waals surface area contributed by atoms with Gasteiger partial charge in [0.2, 0.25) is 5.13 Å². The first-order valence-corrected chi connectivity index (χ1v) is 11.9. The summed E-state index contributed by atoms with van der Waals surface area (Å²) in [6, 6.07) is 7.77. The van der Waals surface area contributed by atoms with E-state index in [1.54, 1.807) is 11.9 Å². The van der Waals surface area contributed by atoms with Gasteiger partial charge in [-0.25, -0.2) is 4.98 Å². The Hall–Kier alpha value is -2.45. The van der Waals surface area contributed by atoms with Crippen LogP contribution in [0.25, 0.3) is 5.57 Å². The highest BCUT2D eigenvalue weighted by molar-refractivity contribution is 8.18. The molecular formula is C22H22N4O2S2. The van der Waals surface area contributed by atoms with Gasteiger partial charge in [-0.1, -0.05) is 37.5 Å². The first-order chi connectivity index (χ1) is 14.5. The molecule has 1 aromatic carbocycles. The molecule has 0 radical (unpaired) electrons. The van der Waals surface area contributed by atoms with Crippen LogP contribution in [-0.2, 0) is 9.59 Å². The van der Waals surface area contributed by atoms with Gasteiger partial charge < -0.3 is 4.90 Å². The molecule has 5 rings (SSSR count). The number of aliphatic imine (C=N–C) groups is 1. The van der Waals surface area contributed by atoms with Gasteiger partial charge >= 0.3 is 0 Å². The Labute approximate surface area is 183 Å². The van der Waals surface area contributed by atoms with Crippen LogP contribution in [0.15, 0.2) is 39.5 Å². The van der Waals surface area contributed by atoms with Crippen LogP contribution in [0.1, 0.15) is 43.4 Å². The molecule has 1 aromatic heterocycles. The zero-order valence-corrected chi connectivity index (χ0v) is 18.6. The summed E-state index contributed by atoms with van der Waals surface area (Å²) in [7, 11) is 1.76. The number of nitrogens with zero attached hydrogens (tertiary/aromatic N) is 4. The number of thioether (sulfide) groups is 1. The zero-order chi connectivity index (χ0) is 20.8. The molecule has 1 saturated carbocycles. The third-order valence-electron chi connectivity index (χ3n) is 5.83. The van der Waals surface area contributed by atoms with E-state index in [9.17, 15) is 9.59 Å². The van der Waals surface area contributed by atoms with Crippen LogP contribution in [0, 0.1) is 6.92 Å². The minimum atomic E-state index is -0.137. The molecule has 2 aliphatic heterocycles. The molecule has 0 spiro atoms. The van der Waals surface area contributed by atoms with Crippen molar-refractivity contribution in [2.45, 2.75) is 45.1 Å². The summed E-state index contributed by atoms with van der Waals surface area (Å²) in [6.45, 7) is 1.93. The molecule has 1 saturated heterocycles. The lowest BCUT2D eigenvalue weighted by Gasteiger charge is -2.30. The molecule has 0 N–H and O–H groups in total. The first-order valence-electron chi connectivity index (χ1n) is 10.2. The van der Waals surface area contributed by atoms with E-state index in [4.69, 9.17) is 4.99 Å². The summed E-state index contributed by atoms with van der Waals surface area (Å²) < 4.78 is 0. The average Bonchev–Trinajstić information content (AvgIpc) is 3.38. The van der Waals surface area contributed by atoms with Crippen LogP contribution in [-0.4, -0.2) is 40.0 Å². The molecule has 1 aliphatic carbocycles. The van der Waals surface area contributed by atoms with E-state index >= 15 is 0 Å². The number of aromatic nitrogens is 1. The van der Waals surface area contributed by atoms with Gasteiger partial charge in [0.1, 0.15) is 0 Å². The predicted molar refractivity (Wildman–Crippen MR) is 122 cm³/mol. The molecule has 2 aromatic rings. The summed E-state index contributed by atoms with van der Waals surface area (Å²) in [5.41, 5.74) is 3.06. The van der Waals surface area contributed by atoms with Gasteiger partial charge in [0.15, 0.2) is 5.17 Å². The fourth-order valence-electron chi connectivity index (χ4n) is 4.34. The maximum atomic E-state index is 13.6. The number of amides is 2. The Morgan fingerprint density at radius 3 is 2.60 bits per heavy atom. The second-order valence-electron chi connectivity index (χ2n) is 7.82. The van der Waals surface area contributed by atoms with Gasteiger partial charge in [0.05, 0.1) is 21.9 Å². The lowest BCUT2D eigenvalue weighted by atomic mass is 9.94. The molecule has 0 unspecified atom stereocenters. The topological polar surface area (TPSA) is 65.9 Å². The Bertz CT molecular complexity index is 1100. The molecule has 2 amide bonds. The number of amidine groups is 1. The number of carbonyl (C=O) groups is 2. The minimum absolute atomic E-state index is 0.104. The quantitative estimate of drug-likeness (QED) is 0.636. The number of hydrogen-bond donors (Lipinski definition) is 0. The Kier molecular flexibility index (Phi) is 4.99. The second kappa shape index (κ2) is 7.67. The summed E-state index contributed by atoms with van der Waals surface area (Å²) >= 11 is 2.78. The SMILES string of the molecule is Cc1csc(/N=C2/S/C(=C3\C(=O)N(C)c4ccccc43)C(=O)N2C2CCCCC2)n1. The van der Waals surface area contributed by atoms with Crippen LogP contribution in [0.2, 0.25) is 0 Å². The van der Waals surface area contributed by atoms with Crippen molar-refractivity contribution in [3.63, 3.8) is 0 Å². The normalized spacial score (nSPS) is 23.7. The van der Waals surface area contributed by atoms with E-state index in [2.05, 4.69) is 4.98 Å². The molecule has 6 nitrogen and oxygen atoms in total. The van der Waals surface area contributed by atoms with E-state index in [0.717, 1.165) is 42.6 Å². The van der Waals surface area contributed by atoms with Crippen LogP contribution in [0.3, 0.4) is 0 Å². The van der Waals surface area contributed by atoms with Crippen molar-refractivity contribution >= 4 is 56.5 Å². The van der Waals surface area contributed by atoms with Crippen LogP contribution in [0.4, 0.5) is 10.8 Å². The molecule has 0 bridgehead atoms. The zero-order valence-electron chi connectivity index (χ0n) is 16.9. The molecule has 8 heteroatoms. The van der Waals surface area contributed by atoms with E-state index < -0.39 is 0 Å². The average molecular weight is 439 g/mol. The van der Waals surface area contributed by atoms with Gasteiger partial charge in [-0.05, 0) is 37.6 Å². The Balaban J connectivity index is 1.63. The summed E-state index contributed by atoms with van der Waals surface area (Å²) in [4.78, 5) is 39.8. The number of anilines is 1. The summed E-state index contributed by atoms with van der Waals surface area (Å²) in [6.07, 6.45) is 5.36. The highest BCUT2D eigenvalue weighted by atomic mass is 32.2. The minimum Gasteiger partial charge on any atom is -0.311 e. The largest absolute Gasteiger partial charge is 0.311 e.